The van der Waals surface area contributed by atoms with Gasteiger partial charge in [-0.2, -0.15) is 18.4 Å². The van der Waals surface area contributed by atoms with E-state index in [0.717, 1.165) is 6.20 Å². The molecule has 6 heteroatoms. The molecule has 13 heavy (non-hydrogen) atoms. The molecule has 1 heterocycles. The van der Waals surface area contributed by atoms with E-state index < -0.39 is 17.4 Å². The van der Waals surface area contributed by atoms with E-state index in [9.17, 15) is 13.2 Å². The Bertz CT molecular complexity index is 329. The van der Waals surface area contributed by atoms with Gasteiger partial charge >= 0.3 is 6.18 Å². The van der Waals surface area contributed by atoms with Gasteiger partial charge in [0.15, 0.2) is 0 Å². The SMILES string of the molecule is N#Cc1nc[c-]cc1C(F)(F)F.[Y]. The van der Waals surface area contributed by atoms with Crippen LogP contribution in [-0.2, 0) is 38.9 Å². The zero-order chi connectivity index (χ0) is 9.19. The van der Waals surface area contributed by atoms with Crippen molar-refractivity contribution in [2.45, 2.75) is 6.18 Å². The molecule has 1 aromatic heterocycles. The Hall–Kier alpha value is -0.466. The maximum Gasteiger partial charge on any atom is 0.351 e. The van der Waals surface area contributed by atoms with Gasteiger partial charge in [-0.05, 0) is 0 Å². The molecule has 0 saturated carbocycles. The van der Waals surface area contributed by atoms with Crippen LogP contribution in [-0.4, -0.2) is 4.98 Å². The number of nitriles is 1. The minimum Gasteiger partial charge on any atom is -0.285 e. The molecular formula is C7H2F3N2Y-. The van der Waals surface area contributed by atoms with Crippen LogP contribution in [0.4, 0.5) is 13.2 Å². The van der Waals surface area contributed by atoms with Crippen LogP contribution in [0.25, 0.3) is 0 Å². The monoisotopic (exact) mass is 260 g/mol. The molecule has 0 atom stereocenters. The number of aromatic nitrogens is 1. The van der Waals surface area contributed by atoms with Gasteiger partial charge in [-0.3, -0.25) is 4.98 Å². The molecule has 1 rings (SSSR count). The first-order valence-electron chi connectivity index (χ1n) is 2.89. The Morgan fingerprint density at radius 2 is 2.08 bits per heavy atom. The van der Waals surface area contributed by atoms with Crippen molar-refractivity contribution >= 4 is 0 Å². The Morgan fingerprint density at radius 1 is 1.46 bits per heavy atom. The van der Waals surface area contributed by atoms with Crippen LogP contribution in [0.15, 0.2) is 12.3 Å². The molecule has 0 fully saturated rings. The first kappa shape index (κ1) is 12.5. The van der Waals surface area contributed by atoms with Crippen molar-refractivity contribution in [3.05, 3.63) is 29.6 Å². The topological polar surface area (TPSA) is 36.7 Å². The summed E-state index contributed by atoms with van der Waals surface area (Å²) in [5.74, 6) is 0. The number of rotatable bonds is 0. The van der Waals surface area contributed by atoms with E-state index in [2.05, 4.69) is 11.1 Å². The van der Waals surface area contributed by atoms with Gasteiger partial charge in [0.2, 0.25) is 0 Å². The standard InChI is InChI=1S/C7H2F3N2.Y/c8-7(9,10)5-2-1-3-12-6(5)4-11;/h2-3H;/q-1;. The Labute approximate surface area is 97.7 Å². The van der Waals surface area contributed by atoms with Crippen LogP contribution in [0, 0.1) is 17.4 Å². The summed E-state index contributed by atoms with van der Waals surface area (Å²) in [5.41, 5.74) is -1.67. The van der Waals surface area contributed by atoms with Gasteiger partial charge < -0.3 is 0 Å². The predicted octanol–water partition coefficient (Wildman–Crippen LogP) is 1.77. The van der Waals surface area contributed by atoms with Crippen molar-refractivity contribution < 1.29 is 45.9 Å². The van der Waals surface area contributed by atoms with Gasteiger partial charge in [-0.1, -0.05) is 11.8 Å². The van der Waals surface area contributed by atoms with E-state index in [1.165, 1.54) is 6.07 Å². The molecule has 0 N–H and O–H groups in total. The third-order valence-electron chi connectivity index (χ3n) is 1.16. The fourth-order valence-electron chi connectivity index (χ4n) is 0.666. The molecule has 0 saturated heterocycles. The number of hydrogen-bond acceptors (Lipinski definition) is 2. The van der Waals surface area contributed by atoms with Crippen molar-refractivity contribution in [3.8, 4) is 6.07 Å². The molecule has 1 radical (unpaired) electrons. The fraction of sp³-hybridized carbons (Fsp3) is 0.143. The zero-order valence-corrected chi connectivity index (χ0v) is 9.10. The molecule has 0 aliphatic carbocycles. The van der Waals surface area contributed by atoms with Gasteiger partial charge in [-0.25, -0.2) is 12.1 Å². The Balaban J connectivity index is 0.00000144. The Kier molecular flexibility index (Phi) is 4.51. The third kappa shape index (κ3) is 3.05. The zero-order valence-electron chi connectivity index (χ0n) is 6.26. The number of nitrogens with zero attached hydrogens (tertiary/aromatic N) is 2. The number of pyridine rings is 1. The van der Waals surface area contributed by atoms with Crippen LogP contribution < -0.4 is 0 Å². The molecule has 1 aromatic rings. The maximum absolute atomic E-state index is 12.0. The quantitative estimate of drug-likeness (QED) is 0.666. The van der Waals surface area contributed by atoms with E-state index >= 15 is 0 Å². The van der Waals surface area contributed by atoms with Gasteiger partial charge in [0.05, 0.1) is 11.8 Å². The van der Waals surface area contributed by atoms with Crippen molar-refractivity contribution in [2.24, 2.45) is 0 Å². The minimum atomic E-state index is -4.53. The summed E-state index contributed by atoms with van der Waals surface area (Å²) in [4.78, 5) is 3.23. The normalized spacial score (nSPS) is 10.0. The molecule has 0 amide bonds. The van der Waals surface area contributed by atoms with Crippen LogP contribution in [0.3, 0.4) is 0 Å². The van der Waals surface area contributed by atoms with E-state index in [1.54, 1.807) is 0 Å². The maximum atomic E-state index is 12.0. The summed E-state index contributed by atoms with van der Waals surface area (Å²) in [6.45, 7) is 0. The number of hydrogen-bond donors (Lipinski definition) is 0. The van der Waals surface area contributed by atoms with Crippen LogP contribution >= 0.6 is 0 Å². The van der Waals surface area contributed by atoms with Crippen molar-refractivity contribution in [2.75, 3.05) is 0 Å². The van der Waals surface area contributed by atoms with Crippen LogP contribution in [0.5, 0.6) is 0 Å². The first-order valence-corrected chi connectivity index (χ1v) is 2.89. The van der Waals surface area contributed by atoms with E-state index in [-0.39, 0.29) is 32.7 Å². The molecule has 0 bridgehead atoms. The largest absolute Gasteiger partial charge is 0.351 e. The van der Waals surface area contributed by atoms with Gasteiger partial charge in [-0.15, -0.1) is 0 Å². The summed E-state index contributed by atoms with van der Waals surface area (Å²) in [5, 5.41) is 8.26. The summed E-state index contributed by atoms with van der Waals surface area (Å²) in [7, 11) is 0. The van der Waals surface area contributed by atoms with Gasteiger partial charge in [0.1, 0.15) is 0 Å². The smallest absolute Gasteiger partial charge is 0.285 e. The molecular weight excluding hydrogens is 258 g/mol. The second kappa shape index (κ2) is 4.68. The van der Waals surface area contributed by atoms with E-state index in [4.69, 9.17) is 5.26 Å². The summed E-state index contributed by atoms with van der Waals surface area (Å²) in [6.07, 6.45) is -3.51. The van der Waals surface area contributed by atoms with Crippen LogP contribution in [0.1, 0.15) is 11.3 Å². The van der Waals surface area contributed by atoms with E-state index in [1.807, 2.05) is 0 Å². The van der Waals surface area contributed by atoms with Crippen molar-refractivity contribution in [3.63, 3.8) is 0 Å². The molecule has 0 spiro atoms. The average molecular weight is 260 g/mol. The second-order valence-corrected chi connectivity index (χ2v) is 1.94. The second-order valence-electron chi connectivity index (χ2n) is 1.94. The van der Waals surface area contributed by atoms with Gasteiger partial charge in [0, 0.05) is 32.7 Å². The van der Waals surface area contributed by atoms with Crippen molar-refractivity contribution in [1.29, 1.82) is 5.26 Å². The molecule has 0 aliphatic rings. The summed E-state index contributed by atoms with van der Waals surface area (Å²) in [6, 6.07) is 4.21. The predicted molar refractivity (Wildman–Crippen MR) is 32.8 cm³/mol. The van der Waals surface area contributed by atoms with Crippen molar-refractivity contribution in [1.82, 2.24) is 4.98 Å². The summed E-state index contributed by atoms with van der Waals surface area (Å²) < 4.78 is 36.1. The third-order valence-corrected chi connectivity index (χ3v) is 1.16. The van der Waals surface area contributed by atoms with Gasteiger partial charge in [0.25, 0.3) is 0 Å². The molecule has 2 nitrogen and oxygen atoms in total. The molecule has 0 unspecified atom stereocenters. The molecule has 0 aliphatic heterocycles. The summed E-state index contributed by atoms with van der Waals surface area (Å²) >= 11 is 0. The number of halogens is 3. The average Bonchev–Trinajstić information content (AvgIpc) is 2.03. The fourth-order valence-corrected chi connectivity index (χ4v) is 0.666. The Morgan fingerprint density at radius 3 is 2.46 bits per heavy atom. The first-order chi connectivity index (χ1) is 5.55. The molecule has 65 valence electrons. The van der Waals surface area contributed by atoms with Crippen LogP contribution in [0.2, 0.25) is 0 Å². The number of alkyl halides is 3. The van der Waals surface area contributed by atoms with E-state index in [0.29, 0.717) is 6.07 Å². The minimum absolute atomic E-state index is 0. The molecule has 0 aromatic carbocycles.